The van der Waals surface area contributed by atoms with Gasteiger partial charge in [0.1, 0.15) is 5.75 Å². The smallest absolute Gasteiger partial charge is 0.430 e. The molecule has 2 aromatic carbocycles. The minimum absolute atomic E-state index is 0. The standard InChI is InChI=1S/C18H13F3O3.H2S/c19-18(20,21)16-14(17(22)23)10-13-8-4-7-12(15(13)24-16)9-11-5-2-1-3-6-11;/h1-8,10,16H,9H2,(H,22,23);1H2. The van der Waals surface area contributed by atoms with Gasteiger partial charge in [0.05, 0.1) is 5.57 Å². The van der Waals surface area contributed by atoms with Crippen molar-refractivity contribution in [1.29, 1.82) is 0 Å². The Morgan fingerprint density at radius 1 is 1.08 bits per heavy atom. The summed E-state index contributed by atoms with van der Waals surface area (Å²) < 4.78 is 44.6. The number of alkyl halides is 3. The van der Waals surface area contributed by atoms with Gasteiger partial charge in [-0.15, -0.1) is 0 Å². The first-order valence-electron chi connectivity index (χ1n) is 7.20. The van der Waals surface area contributed by atoms with Gasteiger partial charge in [0.2, 0.25) is 6.10 Å². The van der Waals surface area contributed by atoms with Gasteiger partial charge in [0, 0.05) is 12.0 Å². The van der Waals surface area contributed by atoms with Crippen LogP contribution in [0.5, 0.6) is 5.75 Å². The number of para-hydroxylation sites is 1. The predicted molar refractivity (Wildman–Crippen MR) is 92.2 cm³/mol. The zero-order valence-corrected chi connectivity index (χ0v) is 13.9. The molecule has 7 heteroatoms. The second-order valence-corrected chi connectivity index (χ2v) is 5.44. The normalized spacial score (nSPS) is 16.1. The van der Waals surface area contributed by atoms with Crippen LogP contribution in [0.1, 0.15) is 16.7 Å². The van der Waals surface area contributed by atoms with E-state index in [0.29, 0.717) is 17.5 Å². The van der Waals surface area contributed by atoms with Crippen molar-refractivity contribution in [2.75, 3.05) is 0 Å². The molecule has 1 atom stereocenters. The summed E-state index contributed by atoms with van der Waals surface area (Å²) in [6, 6.07) is 14.1. The van der Waals surface area contributed by atoms with Gasteiger partial charge in [0.25, 0.3) is 0 Å². The molecule has 0 saturated carbocycles. The number of carboxylic acid groups (broad SMARTS) is 1. The third-order valence-electron chi connectivity index (χ3n) is 3.74. The van der Waals surface area contributed by atoms with Gasteiger partial charge >= 0.3 is 12.1 Å². The van der Waals surface area contributed by atoms with E-state index in [-0.39, 0.29) is 19.2 Å². The lowest BCUT2D eigenvalue weighted by Gasteiger charge is -2.28. The zero-order valence-electron chi connectivity index (χ0n) is 12.9. The van der Waals surface area contributed by atoms with Crippen LogP contribution in [0, 0.1) is 0 Å². The van der Waals surface area contributed by atoms with Crippen molar-refractivity contribution >= 4 is 25.5 Å². The van der Waals surface area contributed by atoms with Gasteiger partial charge in [-0.1, -0.05) is 48.5 Å². The minimum atomic E-state index is -4.80. The molecule has 0 saturated heterocycles. The maximum Gasteiger partial charge on any atom is 0.430 e. The molecule has 1 aliphatic rings. The second-order valence-electron chi connectivity index (χ2n) is 5.44. The van der Waals surface area contributed by atoms with E-state index < -0.39 is 23.8 Å². The first-order chi connectivity index (χ1) is 11.4. The van der Waals surface area contributed by atoms with Crippen molar-refractivity contribution in [2.45, 2.75) is 18.7 Å². The maximum atomic E-state index is 13.2. The van der Waals surface area contributed by atoms with Gasteiger partial charge in [0.15, 0.2) is 0 Å². The molecule has 1 N–H and O–H groups in total. The second kappa shape index (κ2) is 7.23. The fourth-order valence-electron chi connectivity index (χ4n) is 2.66. The van der Waals surface area contributed by atoms with Crippen molar-refractivity contribution in [3.63, 3.8) is 0 Å². The summed E-state index contributed by atoms with van der Waals surface area (Å²) in [5.41, 5.74) is 1.02. The Bertz CT molecular complexity index is 801. The summed E-state index contributed by atoms with van der Waals surface area (Å²) in [6.07, 6.45) is -5.85. The summed E-state index contributed by atoms with van der Waals surface area (Å²) >= 11 is 0. The summed E-state index contributed by atoms with van der Waals surface area (Å²) in [6.45, 7) is 0. The summed E-state index contributed by atoms with van der Waals surface area (Å²) in [7, 11) is 0. The Balaban J connectivity index is 0.00000225. The molecule has 132 valence electrons. The minimum Gasteiger partial charge on any atom is -0.478 e. The van der Waals surface area contributed by atoms with E-state index in [0.717, 1.165) is 11.6 Å². The van der Waals surface area contributed by atoms with Gasteiger partial charge in [-0.3, -0.25) is 0 Å². The molecule has 0 bridgehead atoms. The number of halogens is 3. The first-order valence-corrected chi connectivity index (χ1v) is 7.20. The highest BCUT2D eigenvalue weighted by molar-refractivity contribution is 7.59. The number of ether oxygens (including phenoxy) is 1. The molecule has 3 rings (SSSR count). The van der Waals surface area contributed by atoms with Crippen molar-refractivity contribution in [1.82, 2.24) is 0 Å². The van der Waals surface area contributed by atoms with Crippen LogP contribution in [0.3, 0.4) is 0 Å². The van der Waals surface area contributed by atoms with Crippen molar-refractivity contribution in [3.8, 4) is 5.75 Å². The summed E-state index contributed by atoms with van der Waals surface area (Å²) in [5, 5.41) is 9.05. The fraction of sp³-hybridized carbons (Fsp3) is 0.167. The van der Waals surface area contributed by atoms with Crippen LogP contribution in [0.4, 0.5) is 13.2 Å². The van der Waals surface area contributed by atoms with Crippen LogP contribution < -0.4 is 4.74 Å². The van der Waals surface area contributed by atoms with Gasteiger partial charge in [-0.2, -0.15) is 26.7 Å². The third kappa shape index (κ3) is 3.99. The number of hydrogen-bond acceptors (Lipinski definition) is 2. The maximum absolute atomic E-state index is 13.2. The molecule has 3 nitrogen and oxygen atoms in total. The topological polar surface area (TPSA) is 46.5 Å². The van der Waals surface area contributed by atoms with E-state index in [2.05, 4.69) is 0 Å². The molecular weight excluding hydrogens is 353 g/mol. The molecular formula is C18H15F3O3S. The Hall–Kier alpha value is -2.41. The molecule has 0 aromatic heterocycles. The van der Waals surface area contributed by atoms with E-state index in [4.69, 9.17) is 9.84 Å². The molecule has 2 aromatic rings. The lowest BCUT2D eigenvalue weighted by Crippen LogP contribution is -2.40. The number of carbonyl (C=O) groups is 1. The van der Waals surface area contributed by atoms with E-state index in [9.17, 15) is 18.0 Å². The van der Waals surface area contributed by atoms with Gasteiger partial charge < -0.3 is 9.84 Å². The molecule has 0 aliphatic carbocycles. The molecule has 0 radical (unpaired) electrons. The number of aliphatic carboxylic acids is 1. The number of hydrogen-bond donors (Lipinski definition) is 1. The summed E-state index contributed by atoms with van der Waals surface area (Å²) in [5.74, 6) is -1.56. The van der Waals surface area contributed by atoms with E-state index in [1.807, 2.05) is 30.3 Å². The van der Waals surface area contributed by atoms with Crippen molar-refractivity contribution in [3.05, 3.63) is 70.8 Å². The lowest BCUT2D eigenvalue weighted by atomic mass is 9.96. The van der Waals surface area contributed by atoms with Crippen LogP contribution in [0.15, 0.2) is 54.1 Å². The first kappa shape index (κ1) is 18.9. The monoisotopic (exact) mass is 368 g/mol. The van der Waals surface area contributed by atoms with Crippen LogP contribution in [-0.4, -0.2) is 23.4 Å². The van der Waals surface area contributed by atoms with Crippen molar-refractivity contribution < 1.29 is 27.8 Å². The number of rotatable bonds is 3. The average molecular weight is 368 g/mol. The Labute approximate surface area is 149 Å². The molecule has 1 unspecified atom stereocenters. The highest BCUT2D eigenvalue weighted by atomic mass is 32.1. The highest BCUT2D eigenvalue weighted by Gasteiger charge is 2.48. The average Bonchev–Trinajstić information content (AvgIpc) is 2.54. The van der Waals surface area contributed by atoms with Gasteiger partial charge in [-0.05, 0) is 17.2 Å². The summed E-state index contributed by atoms with van der Waals surface area (Å²) in [4.78, 5) is 11.1. The van der Waals surface area contributed by atoms with Crippen LogP contribution in [0.2, 0.25) is 0 Å². The Morgan fingerprint density at radius 3 is 2.36 bits per heavy atom. The number of benzene rings is 2. The highest BCUT2D eigenvalue weighted by Crippen LogP contribution is 2.39. The van der Waals surface area contributed by atoms with Crippen LogP contribution >= 0.6 is 13.5 Å². The van der Waals surface area contributed by atoms with Crippen LogP contribution in [-0.2, 0) is 11.2 Å². The fourth-order valence-corrected chi connectivity index (χ4v) is 2.66. The van der Waals surface area contributed by atoms with Crippen LogP contribution in [0.25, 0.3) is 6.08 Å². The molecule has 1 aliphatic heterocycles. The molecule has 1 heterocycles. The quantitative estimate of drug-likeness (QED) is 0.884. The SMILES string of the molecule is O=C(O)C1=Cc2cccc(Cc3ccccc3)c2OC1C(F)(F)F.S. The lowest BCUT2D eigenvalue weighted by molar-refractivity contribution is -0.187. The molecule has 0 fully saturated rings. The molecule has 0 amide bonds. The molecule has 25 heavy (non-hydrogen) atoms. The zero-order chi connectivity index (χ0) is 17.3. The number of fused-ring (bicyclic) bond motifs is 1. The predicted octanol–water partition coefficient (Wildman–Crippen LogP) is 4.18. The van der Waals surface area contributed by atoms with E-state index >= 15 is 0 Å². The van der Waals surface area contributed by atoms with Gasteiger partial charge in [-0.25, -0.2) is 4.79 Å². The van der Waals surface area contributed by atoms with Crippen molar-refractivity contribution in [2.24, 2.45) is 0 Å². The Morgan fingerprint density at radius 2 is 1.76 bits per heavy atom. The largest absolute Gasteiger partial charge is 0.478 e. The molecule has 0 spiro atoms. The number of carboxylic acids is 1. The van der Waals surface area contributed by atoms with E-state index in [1.54, 1.807) is 18.2 Å². The Kier molecular flexibility index (Phi) is 5.47. The third-order valence-corrected chi connectivity index (χ3v) is 3.74. The van der Waals surface area contributed by atoms with E-state index in [1.165, 1.54) is 0 Å².